The quantitative estimate of drug-likeness (QED) is 0.222. The summed E-state index contributed by atoms with van der Waals surface area (Å²) < 4.78 is 11.0. The Morgan fingerprint density at radius 3 is 2.68 bits per heavy atom. The van der Waals surface area contributed by atoms with E-state index in [1.54, 1.807) is 14.2 Å². The summed E-state index contributed by atoms with van der Waals surface area (Å²) >= 11 is 0. The summed E-state index contributed by atoms with van der Waals surface area (Å²) in [5.41, 5.74) is 5.22. The Balaban J connectivity index is 0.00000341. The first kappa shape index (κ1) is 25.4. The first-order valence-electron chi connectivity index (χ1n) is 10.6. The molecular weight excluding hydrogens is 503 g/mol. The molecule has 2 aromatic carbocycles. The van der Waals surface area contributed by atoms with Crippen LogP contribution < -0.4 is 15.4 Å². The summed E-state index contributed by atoms with van der Waals surface area (Å²) in [6.07, 6.45) is 1.13. The van der Waals surface area contributed by atoms with Crippen molar-refractivity contribution in [2.45, 2.75) is 26.4 Å². The minimum absolute atomic E-state index is 0. The fraction of sp³-hybridized carbons (Fsp3) is 0.458. The van der Waals surface area contributed by atoms with Gasteiger partial charge in [0.1, 0.15) is 12.4 Å². The van der Waals surface area contributed by atoms with Gasteiger partial charge >= 0.3 is 0 Å². The first-order chi connectivity index (χ1) is 14.7. The number of ether oxygens (including phenoxy) is 2. The van der Waals surface area contributed by atoms with Gasteiger partial charge in [-0.3, -0.25) is 9.89 Å². The number of hydrogen-bond donors (Lipinski definition) is 2. The van der Waals surface area contributed by atoms with E-state index in [1.165, 1.54) is 16.7 Å². The van der Waals surface area contributed by atoms with E-state index < -0.39 is 0 Å². The predicted octanol–water partition coefficient (Wildman–Crippen LogP) is 3.36. The molecule has 3 rings (SSSR count). The molecule has 1 heterocycles. The van der Waals surface area contributed by atoms with Crippen LogP contribution in [0, 0.1) is 6.92 Å². The van der Waals surface area contributed by atoms with Gasteiger partial charge in [0.25, 0.3) is 0 Å². The average Bonchev–Trinajstić information content (AvgIpc) is 2.77. The number of rotatable bonds is 9. The largest absolute Gasteiger partial charge is 0.491 e. The topological polar surface area (TPSA) is 58.1 Å². The highest BCUT2D eigenvalue weighted by Gasteiger charge is 2.15. The first-order valence-corrected chi connectivity index (χ1v) is 10.6. The van der Waals surface area contributed by atoms with Crippen LogP contribution in [0.4, 0.5) is 0 Å². The minimum atomic E-state index is 0. The van der Waals surface area contributed by atoms with Gasteiger partial charge < -0.3 is 20.1 Å². The number of fused-ring (bicyclic) bond motifs is 1. The Labute approximate surface area is 203 Å². The maximum absolute atomic E-state index is 5.88. The number of halogens is 1. The molecule has 0 fully saturated rings. The number of methoxy groups -OCH3 is 1. The van der Waals surface area contributed by atoms with Gasteiger partial charge in [-0.2, -0.15) is 0 Å². The van der Waals surface area contributed by atoms with Gasteiger partial charge in [0.05, 0.1) is 6.61 Å². The third-order valence-electron chi connectivity index (χ3n) is 5.37. The van der Waals surface area contributed by atoms with Crippen LogP contribution in [0.2, 0.25) is 0 Å². The van der Waals surface area contributed by atoms with Gasteiger partial charge in [-0.15, -0.1) is 24.0 Å². The molecule has 31 heavy (non-hydrogen) atoms. The van der Waals surface area contributed by atoms with E-state index in [4.69, 9.17) is 9.47 Å². The summed E-state index contributed by atoms with van der Waals surface area (Å²) in [4.78, 5) is 6.85. The van der Waals surface area contributed by atoms with Crippen LogP contribution in [0.5, 0.6) is 5.75 Å². The lowest BCUT2D eigenvalue weighted by Gasteiger charge is -2.28. The van der Waals surface area contributed by atoms with E-state index >= 15 is 0 Å². The van der Waals surface area contributed by atoms with Crippen LogP contribution in [0.1, 0.15) is 22.3 Å². The fourth-order valence-electron chi connectivity index (χ4n) is 3.65. The zero-order valence-corrected chi connectivity index (χ0v) is 21.1. The summed E-state index contributed by atoms with van der Waals surface area (Å²) in [6.45, 7) is 7.81. The second-order valence-electron chi connectivity index (χ2n) is 7.60. The van der Waals surface area contributed by atoms with Crippen molar-refractivity contribution < 1.29 is 9.47 Å². The normalized spacial score (nSPS) is 13.8. The molecule has 2 N–H and O–H groups in total. The molecule has 0 amide bonds. The van der Waals surface area contributed by atoms with E-state index in [1.807, 2.05) is 0 Å². The van der Waals surface area contributed by atoms with Crippen molar-refractivity contribution in [2.75, 3.05) is 47.0 Å². The highest BCUT2D eigenvalue weighted by molar-refractivity contribution is 14.0. The Morgan fingerprint density at radius 2 is 1.90 bits per heavy atom. The third kappa shape index (κ3) is 7.97. The van der Waals surface area contributed by atoms with Crippen molar-refractivity contribution >= 4 is 29.9 Å². The molecule has 0 aromatic heterocycles. The molecular formula is C24H35IN4O2. The SMILES string of the molecule is CN=C(NCCN1CCc2ccccc2C1)NCc1ccc(C)cc1OCCOC.I. The molecule has 7 heteroatoms. The average molecular weight is 538 g/mol. The van der Waals surface area contributed by atoms with Crippen LogP contribution in [0.15, 0.2) is 47.5 Å². The van der Waals surface area contributed by atoms with Gasteiger partial charge in [-0.1, -0.05) is 36.4 Å². The smallest absolute Gasteiger partial charge is 0.191 e. The van der Waals surface area contributed by atoms with Crippen molar-refractivity contribution in [1.82, 2.24) is 15.5 Å². The summed E-state index contributed by atoms with van der Waals surface area (Å²) in [5, 5.41) is 6.83. The zero-order chi connectivity index (χ0) is 21.2. The van der Waals surface area contributed by atoms with Crippen molar-refractivity contribution in [1.29, 1.82) is 0 Å². The van der Waals surface area contributed by atoms with E-state index in [0.29, 0.717) is 19.8 Å². The number of benzene rings is 2. The number of aryl methyl sites for hydroxylation is 1. The number of nitrogens with zero attached hydrogens (tertiary/aromatic N) is 2. The Morgan fingerprint density at radius 1 is 1.10 bits per heavy atom. The van der Waals surface area contributed by atoms with Crippen molar-refractivity contribution in [3.8, 4) is 5.75 Å². The summed E-state index contributed by atoms with van der Waals surface area (Å²) in [7, 11) is 3.48. The van der Waals surface area contributed by atoms with Crippen LogP contribution in [0.25, 0.3) is 0 Å². The maximum Gasteiger partial charge on any atom is 0.191 e. The third-order valence-corrected chi connectivity index (χ3v) is 5.37. The van der Waals surface area contributed by atoms with E-state index in [9.17, 15) is 0 Å². The zero-order valence-electron chi connectivity index (χ0n) is 18.8. The van der Waals surface area contributed by atoms with Gasteiger partial charge in [0.15, 0.2) is 5.96 Å². The molecule has 0 spiro atoms. The summed E-state index contributed by atoms with van der Waals surface area (Å²) in [5.74, 6) is 1.69. The predicted molar refractivity (Wildman–Crippen MR) is 138 cm³/mol. The van der Waals surface area contributed by atoms with Crippen LogP contribution >= 0.6 is 24.0 Å². The molecule has 0 radical (unpaired) electrons. The standard InChI is InChI=1S/C24H34N4O2.HI/c1-19-8-9-21(23(16-19)30-15-14-29-3)17-27-24(25-2)26-11-13-28-12-10-20-6-4-5-7-22(20)18-28;/h4-9,16H,10-15,17-18H2,1-3H3,(H2,25,26,27);1H. The molecule has 2 aromatic rings. The van der Waals surface area contributed by atoms with Crippen LogP contribution in [-0.4, -0.2) is 57.9 Å². The molecule has 0 saturated carbocycles. The maximum atomic E-state index is 5.88. The summed E-state index contributed by atoms with van der Waals surface area (Å²) in [6, 6.07) is 15.0. The highest BCUT2D eigenvalue weighted by Crippen LogP contribution is 2.20. The van der Waals surface area contributed by atoms with E-state index in [2.05, 4.69) is 69.9 Å². The van der Waals surface area contributed by atoms with Gasteiger partial charge in [-0.25, -0.2) is 0 Å². The minimum Gasteiger partial charge on any atom is -0.491 e. The molecule has 6 nitrogen and oxygen atoms in total. The van der Waals surface area contributed by atoms with Crippen LogP contribution in [0.3, 0.4) is 0 Å². The van der Waals surface area contributed by atoms with Crippen molar-refractivity contribution in [2.24, 2.45) is 4.99 Å². The molecule has 0 aliphatic carbocycles. The van der Waals surface area contributed by atoms with Crippen molar-refractivity contribution in [3.63, 3.8) is 0 Å². The molecule has 170 valence electrons. The lowest BCUT2D eigenvalue weighted by atomic mass is 10.00. The van der Waals surface area contributed by atoms with Gasteiger partial charge in [0, 0.05) is 52.4 Å². The Kier molecular flexibility index (Phi) is 11.1. The van der Waals surface area contributed by atoms with Crippen LogP contribution in [-0.2, 0) is 24.2 Å². The molecule has 1 aliphatic rings. The Bertz CT molecular complexity index is 844. The second-order valence-corrected chi connectivity index (χ2v) is 7.60. The molecule has 0 bridgehead atoms. The van der Waals surface area contributed by atoms with Gasteiger partial charge in [0.2, 0.25) is 0 Å². The number of guanidine groups is 1. The van der Waals surface area contributed by atoms with E-state index in [-0.39, 0.29) is 24.0 Å². The molecule has 0 atom stereocenters. The Hall–Kier alpha value is -1.84. The molecule has 0 saturated heterocycles. The molecule has 0 unspecified atom stereocenters. The fourth-order valence-corrected chi connectivity index (χ4v) is 3.65. The van der Waals surface area contributed by atoms with Gasteiger partial charge in [-0.05, 0) is 36.1 Å². The second kappa shape index (κ2) is 13.5. The number of nitrogens with one attached hydrogen (secondary N) is 2. The van der Waals surface area contributed by atoms with E-state index in [0.717, 1.165) is 49.9 Å². The number of aliphatic imine (C=N–C) groups is 1. The monoisotopic (exact) mass is 538 g/mol. The molecule has 1 aliphatic heterocycles. The lowest BCUT2D eigenvalue weighted by molar-refractivity contribution is 0.145. The lowest BCUT2D eigenvalue weighted by Crippen LogP contribution is -2.42. The highest BCUT2D eigenvalue weighted by atomic mass is 127. The van der Waals surface area contributed by atoms with Crippen molar-refractivity contribution in [3.05, 3.63) is 64.7 Å². The number of hydrogen-bond acceptors (Lipinski definition) is 4.